The summed E-state index contributed by atoms with van der Waals surface area (Å²) in [4.78, 5) is 9.65. The van der Waals surface area contributed by atoms with E-state index in [9.17, 15) is 14.5 Å². The summed E-state index contributed by atoms with van der Waals surface area (Å²) < 4.78 is 12.1. The predicted octanol–water partition coefficient (Wildman–Crippen LogP) is 1.69. The first kappa shape index (κ1) is 13.6. The Morgan fingerprint density at radius 3 is 2.67 bits per heavy atom. The fourth-order valence-corrected chi connectivity index (χ4v) is 1.01. The molecule has 7 heteroatoms. The van der Waals surface area contributed by atoms with E-state index >= 15 is 0 Å². The average molecular weight is 237 g/mol. The van der Waals surface area contributed by atoms with E-state index in [1.165, 1.54) is 6.07 Å². The van der Waals surface area contributed by atoms with Crippen LogP contribution in [0.15, 0.2) is 18.2 Å². The number of hydrogen-bond donors (Lipinski definition) is 2. The summed E-state index contributed by atoms with van der Waals surface area (Å²) in [6.45, 7) is -0.804. The first-order valence-electron chi connectivity index (χ1n) is 3.85. The molecule has 0 aliphatic rings. The summed E-state index contributed by atoms with van der Waals surface area (Å²) in [6.07, 6.45) is 0. The van der Waals surface area contributed by atoms with Gasteiger partial charge in [-0.25, -0.2) is 4.39 Å². The number of halogens is 2. The Morgan fingerprint density at radius 2 is 2.20 bits per heavy atom. The molecular formula is C8H10ClFN2O3. The Labute approximate surface area is 91.3 Å². The Balaban J connectivity index is 0.00000196. The van der Waals surface area contributed by atoms with E-state index in [1.54, 1.807) is 0 Å². The second-order valence-corrected chi connectivity index (χ2v) is 2.77. The van der Waals surface area contributed by atoms with Crippen molar-refractivity contribution < 1.29 is 14.4 Å². The Bertz CT molecular complexity index is 362. The van der Waals surface area contributed by atoms with Gasteiger partial charge in [-0.1, -0.05) is 6.07 Å². The number of alkyl halides is 1. The Kier molecular flexibility index (Phi) is 4.96. The van der Waals surface area contributed by atoms with Gasteiger partial charge in [0.25, 0.3) is 0 Å². The van der Waals surface area contributed by atoms with Crippen LogP contribution in [0.5, 0.6) is 5.75 Å². The molecule has 0 saturated heterocycles. The van der Waals surface area contributed by atoms with Crippen molar-refractivity contribution in [1.82, 2.24) is 0 Å². The number of nitrogens with zero attached hydrogens (tertiary/aromatic N) is 1. The molecule has 84 valence electrons. The monoisotopic (exact) mass is 236 g/mol. The van der Waals surface area contributed by atoms with Crippen LogP contribution in [-0.2, 0) is 0 Å². The molecule has 1 rings (SSSR count). The summed E-state index contributed by atoms with van der Waals surface area (Å²) in [5, 5.41) is 19.5. The lowest BCUT2D eigenvalue weighted by Gasteiger charge is -2.06. The van der Waals surface area contributed by atoms with Gasteiger partial charge in [-0.05, 0) is 11.6 Å². The summed E-state index contributed by atoms with van der Waals surface area (Å²) in [6, 6.07) is 2.66. The average Bonchev–Trinajstić information content (AvgIpc) is 2.17. The molecule has 0 aromatic heterocycles. The number of nitrogens with two attached hydrogens (primary N) is 1. The predicted molar refractivity (Wildman–Crippen MR) is 54.9 cm³/mol. The number of rotatable bonds is 3. The van der Waals surface area contributed by atoms with Crippen molar-refractivity contribution in [3.05, 3.63) is 33.9 Å². The van der Waals surface area contributed by atoms with Crippen LogP contribution in [0.25, 0.3) is 0 Å². The number of phenolic OH excluding ortho intramolecular Hbond substituents is 1. The highest BCUT2D eigenvalue weighted by Gasteiger charge is 2.16. The Hall–Kier alpha value is -1.40. The van der Waals surface area contributed by atoms with Crippen LogP contribution in [0.4, 0.5) is 10.1 Å². The summed E-state index contributed by atoms with van der Waals surface area (Å²) in [5.41, 5.74) is 5.16. The molecule has 0 aliphatic heterocycles. The molecule has 3 N–H and O–H groups in total. The quantitative estimate of drug-likeness (QED) is 0.617. The molecule has 0 aliphatic carbocycles. The van der Waals surface area contributed by atoms with Gasteiger partial charge >= 0.3 is 5.69 Å². The number of benzene rings is 1. The molecule has 0 saturated carbocycles. The van der Waals surface area contributed by atoms with Gasteiger partial charge in [-0.15, -0.1) is 12.4 Å². The van der Waals surface area contributed by atoms with E-state index in [2.05, 4.69) is 0 Å². The van der Waals surface area contributed by atoms with Crippen LogP contribution < -0.4 is 5.73 Å². The van der Waals surface area contributed by atoms with E-state index in [0.717, 1.165) is 12.1 Å². The largest absolute Gasteiger partial charge is 0.502 e. The molecule has 0 heterocycles. The van der Waals surface area contributed by atoms with Crippen LogP contribution in [-0.4, -0.2) is 16.7 Å². The smallest absolute Gasteiger partial charge is 0.311 e. The number of hydrogen-bond acceptors (Lipinski definition) is 4. The number of phenols is 1. The van der Waals surface area contributed by atoms with E-state index < -0.39 is 29.1 Å². The van der Waals surface area contributed by atoms with Gasteiger partial charge < -0.3 is 10.8 Å². The van der Waals surface area contributed by atoms with Gasteiger partial charge in [0, 0.05) is 6.07 Å². The van der Waals surface area contributed by atoms with Crippen molar-refractivity contribution in [2.45, 2.75) is 6.04 Å². The maximum absolute atomic E-state index is 12.1. The number of nitro benzene ring substituents is 1. The molecule has 0 radical (unpaired) electrons. The molecule has 0 unspecified atom stereocenters. The van der Waals surface area contributed by atoms with Crippen molar-refractivity contribution in [1.29, 1.82) is 0 Å². The van der Waals surface area contributed by atoms with Crippen LogP contribution in [0.1, 0.15) is 11.6 Å². The molecule has 0 spiro atoms. The standard InChI is InChI=1S/C8H9FN2O3.ClH/c9-4-6(10)5-1-2-8(12)7(3-5)11(13)14;/h1-3,6,12H,4,10H2;1H/t6-;/m0./s1. The second-order valence-electron chi connectivity index (χ2n) is 2.77. The lowest BCUT2D eigenvalue weighted by Crippen LogP contribution is -2.12. The zero-order valence-electron chi connectivity index (χ0n) is 7.59. The first-order valence-corrected chi connectivity index (χ1v) is 3.85. The lowest BCUT2D eigenvalue weighted by molar-refractivity contribution is -0.385. The molecule has 1 aromatic rings. The molecule has 0 bridgehead atoms. The zero-order valence-corrected chi connectivity index (χ0v) is 8.41. The van der Waals surface area contributed by atoms with Gasteiger partial charge in [0.15, 0.2) is 5.75 Å². The summed E-state index contributed by atoms with van der Waals surface area (Å²) >= 11 is 0. The maximum Gasteiger partial charge on any atom is 0.311 e. The van der Waals surface area contributed by atoms with Crippen LogP contribution in [0.2, 0.25) is 0 Å². The third-order valence-corrected chi connectivity index (χ3v) is 1.79. The van der Waals surface area contributed by atoms with Crippen molar-refractivity contribution in [3.63, 3.8) is 0 Å². The van der Waals surface area contributed by atoms with Gasteiger partial charge in [0.1, 0.15) is 6.67 Å². The minimum atomic E-state index is -0.894. The highest BCUT2D eigenvalue weighted by Crippen LogP contribution is 2.28. The highest BCUT2D eigenvalue weighted by molar-refractivity contribution is 5.85. The Morgan fingerprint density at radius 1 is 1.60 bits per heavy atom. The molecule has 15 heavy (non-hydrogen) atoms. The van der Waals surface area contributed by atoms with Crippen molar-refractivity contribution in [2.75, 3.05) is 6.67 Å². The first-order chi connectivity index (χ1) is 6.56. The van der Waals surface area contributed by atoms with Crippen molar-refractivity contribution in [3.8, 4) is 5.75 Å². The van der Waals surface area contributed by atoms with Crippen LogP contribution in [0.3, 0.4) is 0 Å². The molecule has 1 aromatic carbocycles. The third-order valence-electron chi connectivity index (χ3n) is 1.79. The van der Waals surface area contributed by atoms with E-state index in [-0.39, 0.29) is 18.0 Å². The van der Waals surface area contributed by atoms with Crippen LogP contribution in [0, 0.1) is 10.1 Å². The van der Waals surface area contributed by atoms with Crippen molar-refractivity contribution in [2.24, 2.45) is 5.73 Å². The molecular weight excluding hydrogens is 227 g/mol. The minimum Gasteiger partial charge on any atom is -0.502 e. The fourth-order valence-electron chi connectivity index (χ4n) is 1.01. The van der Waals surface area contributed by atoms with Gasteiger partial charge in [-0.3, -0.25) is 10.1 Å². The molecule has 0 fully saturated rings. The zero-order chi connectivity index (χ0) is 10.7. The third kappa shape index (κ3) is 3.03. The van der Waals surface area contributed by atoms with E-state index in [4.69, 9.17) is 10.8 Å². The fraction of sp³-hybridized carbons (Fsp3) is 0.250. The number of nitro groups is 1. The normalized spacial score (nSPS) is 11.6. The van der Waals surface area contributed by atoms with Gasteiger partial charge in [-0.2, -0.15) is 0 Å². The van der Waals surface area contributed by atoms with Crippen LogP contribution >= 0.6 is 12.4 Å². The molecule has 5 nitrogen and oxygen atoms in total. The summed E-state index contributed by atoms with van der Waals surface area (Å²) in [5.74, 6) is -0.454. The lowest BCUT2D eigenvalue weighted by atomic mass is 10.1. The SMILES string of the molecule is Cl.N[C@@H](CF)c1ccc(O)c([N+](=O)[O-])c1. The van der Waals surface area contributed by atoms with Gasteiger partial charge in [0.05, 0.1) is 11.0 Å². The van der Waals surface area contributed by atoms with Gasteiger partial charge in [0.2, 0.25) is 0 Å². The minimum absolute atomic E-state index is 0. The topological polar surface area (TPSA) is 89.4 Å². The second kappa shape index (κ2) is 5.47. The van der Waals surface area contributed by atoms with Crippen molar-refractivity contribution >= 4 is 18.1 Å². The highest BCUT2D eigenvalue weighted by atomic mass is 35.5. The molecule has 1 atom stereocenters. The van der Waals surface area contributed by atoms with E-state index in [1.807, 2.05) is 0 Å². The summed E-state index contributed by atoms with van der Waals surface area (Å²) in [7, 11) is 0. The number of aromatic hydroxyl groups is 1. The molecule has 0 amide bonds. The maximum atomic E-state index is 12.1. The van der Waals surface area contributed by atoms with E-state index in [0.29, 0.717) is 0 Å².